The van der Waals surface area contributed by atoms with Gasteiger partial charge >= 0.3 is 6.03 Å². The smallest absolute Gasteiger partial charge is 0.317 e. The van der Waals surface area contributed by atoms with Crippen molar-refractivity contribution in [3.63, 3.8) is 0 Å². The number of amides is 3. The molecule has 0 aromatic heterocycles. The van der Waals surface area contributed by atoms with Crippen molar-refractivity contribution in [1.29, 1.82) is 0 Å². The number of nitrogens with zero attached hydrogens (tertiary/aromatic N) is 1. The average molecular weight is 381 g/mol. The van der Waals surface area contributed by atoms with Crippen LogP contribution in [0.2, 0.25) is 0 Å². The molecule has 0 radical (unpaired) electrons. The predicted octanol–water partition coefficient (Wildman–Crippen LogP) is 2.98. The Labute approximate surface area is 165 Å². The largest absolute Gasteiger partial charge is 0.492 e. The molecule has 2 aromatic rings. The number of nitrogens with one attached hydrogen (secondary N) is 2. The van der Waals surface area contributed by atoms with E-state index >= 15 is 0 Å². The highest BCUT2D eigenvalue weighted by Gasteiger charge is 2.23. The monoisotopic (exact) mass is 381 g/mol. The number of ether oxygens (including phenoxy) is 1. The minimum Gasteiger partial charge on any atom is -0.492 e. The fraction of sp³-hybridized carbons (Fsp3) is 0.364. The lowest BCUT2D eigenvalue weighted by molar-refractivity contribution is 0.0917. The number of carbonyl (C=O) groups excluding carboxylic acids is 2. The summed E-state index contributed by atoms with van der Waals surface area (Å²) in [5.74, 6) is 0.742. The number of hydrogen-bond donors (Lipinski definition) is 2. The molecule has 0 atom stereocenters. The molecular weight excluding hydrogens is 354 g/mol. The van der Waals surface area contributed by atoms with Crippen molar-refractivity contribution in [3.8, 4) is 5.75 Å². The standard InChI is InChI=1S/C22H27N3O3/c1-17-7-9-20(10-8-17)28-16-13-23-22(27)25-14-11-19(12-15-25)24-21(26)18-5-3-2-4-6-18/h2-10,19H,11-16H2,1H3,(H,23,27)(H,24,26). The van der Waals surface area contributed by atoms with Gasteiger partial charge in [-0.25, -0.2) is 4.79 Å². The highest BCUT2D eigenvalue weighted by molar-refractivity contribution is 5.94. The third-order valence-electron chi connectivity index (χ3n) is 4.82. The van der Waals surface area contributed by atoms with Crippen LogP contribution in [0.3, 0.4) is 0 Å². The Morgan fingerprint density at radius 3 is 2.39 bits per heavy atom. The SMILES string of the molecule is Cc1ccc(OCCNC(=O)N2CCC(NC(=O)c3ccccc3)CC2)cc1. The number of piperidine rings is 1. The van der Waals surface area contributed by atoms with Crippen LogP contribution in [0.1, 0.15) is 28.8 Å². The Balaban J connectivity index is 1.33. The molecule has 0 spiro atoms. The van der Waals surface area contributed by atoms with E-state index in [9.17, 15) is 9.59 Å². The van der Waals surface area contributed by atoms with Crippen molar-refractivity contribution >= 4 is 11.9 Å². The topological polar surface area (TPSA) is 70.7 Å². The minimum absolute atomic E-state index is 0.0586. The minimum atomic E-state index is -0.0830. The van der Waals surface area contributed by atoms with Crippen LogP contribution in [-0.4, -0.2) is 49.1 Å². The van der Waals surface area contributed by atoms with Gasteiger partial charge in [-0.05, 0) is 44.0 Å². The summed E-state index contributed by atoms with van der Waals surface area (Å²) in [5, 5.41) is 5.94. The molecule has 1 saturated heterocycles. The van der Waals surface area contributed by atoms with E-state index in [1.807, 2.05) is 49.4 Å². The Morgan fingerprint density at radius 2 is 1.71 bits per heavy atom. The Hall–Kier alpha value is -3.02. The molecule has 1 fully saturated rings. The summed E-state index contributed by atoms with van der Waals surface area (Å²) in [6.45, 7) is 4.17. The molecule has 0 unspecified atom stereocenters. The van der Waals surface area contributed by atoms with E-state index in [1.165, 1.54) is 5.56 Å². The van der Waals surface area contributed by atoms with Crippen molar-refractivity contribution in [2.45, 2.75) is 25.8 Å². The average Bonchev–Trinajstić information content (AvgIpc) is 2.73. The molecule has 28 heavy (non-hydrogen) atoms. The van der Waals surface area contributed by atoms with Gasteiger partial charge in [-0.1, -0.05) is 35.9 Å². The summed E-state index contributed by atoms with van der Waals surface area (Å²) in [6, 6.07) is 17.0. The van der Waals surface area contributed by atoms with Gasteiger partial charge in [-0.3, -0.25) is 4.79 Å². The second-order valence-corrected chi connectivity index (χ2v) is 6.99. The maximum atomic E-state index is 12.3. The van der Waals surface area contributed by atoms with E-state index in [-0.39, 0.29) is 18.0 Å². The van der Waals surface area contributed by atoms with Gasteiger partial charge in [-0.15, -0.1) is 0 Å². The van der Waals surface area contributed by atoms with Crippen LogP contribution in [0, 0.1) is 6.92 Å². The lowest BCUT2D eigenvalue weighted by atomic mass is 10.0. The zero-order valence-electron chi connectivity index (χ0n) is 16.2. The van der Waals surface area contributed by atoms with Crippen molar-refractivity contribution in [1.82, 2.24) is 15.5 Å². The summed E-state index contributed by atoms with van der Waals surface area (Å²) in [5.41, 5.74) is 1.85. The molecule has 148 valence electrons. The molecule has 0 aliphatic carbocycles. The van der Waals surface area contributed by atoms with E-state index in [4.69, 9.17) is 4.74 Å². The molecule has 2 N–H and O–H groups in total. The molecule has 0 saturated carbocycles. The van der Waals surface area contributed by atoms with Crippen LogP contribution in [-0.2, 0) is 0 Å². The lowest BCUT2D eigenvalue weighted by Crippen LogP contribution is -2.49. The first-order valence-electron chi connectivity index (χ1n) is 9.70. The number of benzene rings is 2. The first-order chi connectivity index (χ1) is 13.6. The summed E-state index contributed by atoms with van der Waals surface area (Å²) < 4.78 is 5.62. The van der Waals surface area contributed by atoms with Crippen molar-refractivity contribution in [2.24, 2.45) is 0 Å². The van der Waals surface area contributed by atoms with E-state index in [2.05, 4.69) is 10.6 Å². The molecule has 3 rings (SSSR count). The number of carbonyl (C=O) groups is 2. The predicted molar refractivity (Wildman–Crippen MR) is 109 cm³/mol. The second kappa shape index (κ2) is 9.78. The van der Waals surface area contributed by atoms with Gasteiger partial charge in [0, 0.05) is 24.7 Å². The molecule has 0 bridgehead atoms. The molecule has 3 amide bonds. The highest BCUT2D eigenvalue weighted by atomic mass is 16.5. The van der Waals surface area contributed by atoms with E-state index in [1.54, 1.807) is 17.0 Å². The first kappa shape index (κ1) is 19.7. The quantitative estimate of drug-likeness (QED) is 0.756. The Morgan fingerprint density at radius 1 is 1.04 bits per heavy atom. The fourth-order valence-electron chi connectivity index (χ4n) is 3.16. The van der Waals surface area contributed by atoms with Gasteiger partial charge in [0.2, 0.25) is 0 Å². The summed E-state index contributed by atoms with van der Waals surface area (Å²) in [7, 11) is 0. The third kappa shape index (κ3) is 5.74. The summed E-state index contributed by atoms with van der Waals surface area (Å²) in [6.07, 6.45) is 1.51. The van der Waals surface area contributed by atoms with Gasteiger partial charge in [0.25, 0.3) is 5.91 Å². The van der Waals surface area contributed by atoms with Crippen LogP contribution in [0.4, 0.5) is 4.79 Å². The Kier molecular flexibility index (Phi) is 6.89. The molecule has 1 aliphatic heterocycles. The van der Waals surface area contributed by atoms with Gasteiger partial charge in [0.05, 0.1) is 6.54 Å². The summed E-state index contributed by atoms with van der Waals surface area (Å²) >= 11 is 0. The second-order valence-electron chi connectivity index (χ2n) is 6.99. The molecule has 6 nitrogen and oxygen atoms in total. The van der Waals surface area contributed by atoms with Crippen LogP contribution < -0.4 is 15.4 Å². The summed E-state index contributed by atoms with van der Waals surface area (Å²) in [4.78, 5) is 26.3. The zero-order valence-corrected chi connectivity index (χ0v) is 16.2. The van der Waals surface area contributed by atoms with Crippen LogP contribution in [0.15, 0.2) is 54.6 Å². The number of hydrogen-bond acceptors (Lipinski definition) is 3. The molecule has 1 heterocycles. The van der Waals surface area contributed by atoms with Gasteiger partial charge in [0.15, 0.2) is 0 Å². The molecule has 1 aliphatic rings. The first-order valence-corrected chi connectivity index (χ1v) is 9.70. The highest BCUT2D eigenvalue weighted by Crippen LogP contribution is 2.12. The lowest BCUT2D eigenvalue weighted by Gasteiger charge is -2.32. The Bertz CT molecular complexity index is 769. The fourth-order valence-corrected chi connectivity index (χ4v) is 3.16. The van der Waals surface area contributed by atoms with Crippen molar-refractivity contribution < 1.29 is 14.3 Å². The normalized spacial score (nSPS) is 14.4. The van der Waals surface area contributed by atoms with Crippen molar-refractivity contribution in [3.05, 3.63) is 65.7 Å². The molecular formula is C22H27N3O3. The molecule has 2 aromatic carbocycles. The third-order valence-corrected chi connectivity index (χ3v) is 4.82. The van der Waals surface area contributed by atoms with Crippen LogP contribution >= 0.6 is 0 Å². The molecule has 6 heteroatoms. The van der Waals surface area contributed by atoms with Gasteiger partial charge < -0.3 is 20.3 Å². The number of rotatable bonds is 6. The van der Waals surface area contributed by atoms with Crippen LogP contribution in [0.5, 0.6) is 5.75 Å². The maximum absolute atomic E-state index is 12.3. The van der Waals surface area contributed by atoms with Crippen LogP contribution in [0.25, 0.3) is 0 Å². The van der Waals surface area contributed by atoms with E-state index < -0.39 is 0 Å². The van der Waals surface area contributed by atoms with E-state index in [0.29, 0.717) is 31.8 Å². The van der Waals surface area contributed by atoms with Crippen molar-refractivity contribution in [2.75, 3.05) is 26.2 Å². The van der Waals surface area contributed by atoms with Gasteiger partial charge in [0.1, 0.15) is 12.4 Å². The van der Waals surface area contributed by atoms with E-state index in [0.717, 1.165) is 18.6 Å². The number of urea groups is 1. The van der Waals surface area contributed by atoms with Gasteiger partial charge in [-0.2, -0.15) is 0 Å². The zero-order chi connectivity index (χ0) is 19.8. The number of likely N-dealkylation sites (tertiary alicyclic amines) is 1. The maximum Gasteiger partial charge on any atom is 0.317 e. The number of aryl methyl sites for hydroxylation is 1.